The van der Waals surface area contributed by atoms with Gasteiger partial charge in [-0.1, -0.05) is 6.07 Å². The lowest BCUT2D eigenvalue weighted by molar-refractivity contribution is -0.384. The summed E-state index contributed by atoms with van der Waals surface area (Å²) >= 11 is 0. The average molecular weight is 231 g/mol. The molecule has 0 saturated heterocycles. The van der Waals surface area contributed by atoms with Crippen LogP contribution < -0.4 is 0 Å². The second-order valence-corrected chi connectivity index (χ2v) is 3.49. The Morgan fingerprint density at radius 1 is 1.18 bits per heavy atom. The van der Waals surface area contributed by atoms with Crippen molar-refractivity contribution < 1.29 is 14.5 Å². The number of nitro benzene ring substituents is 1. The number of ether oxygens (including phenoxy) is 1. The molecule has 0 spiro atoms. The number of benzene rings is 2. The molecule has 0 heterocycles. The highest BCUT2D eigenvalue weighted by molar-refractivity contribution is 5.95. The summed E-state index contributed by atoms with van der Waals surface area (Å²) in [5, 5.41) is 12.1. The molecule has 0 aliphatic carbocycles. The number of esters is 1. The third kappa shape index (κ3) is 2.08. The van der Waals surface area contributed by atoms with Crippen molar-refractivity contribution in [1.29, 1.82) is 0 Å². The van der Waals surface area contributed by atoms with Gasteiger partial charge in [-0.25, -0.2) is 4.79 Å². The fourth-order valence-electron chi connectivity index (χ4n) is 1.59. The third-order valence-corrected chi connectivity index (χ3v) is 2.46. The van der Waals surface area contributed by atoms with Gasteiger partial charge < -0.3 is 4.74 Å². The van der Waals surface area contributed by atoms with E-state index in [0.717, 1.165) is 5.39 Å². The van der Waals surface area contributed by atoms with Crippen LogP contribution in [0.5, 0.6) is 0 Å². The van der Waals surface area contributed by atoms with Crippen LogP contribution in [-0.2, 0) is 4.74 Å². The molecule has 0 saturated carbocycles. The first-order chi connectivity index (χ1) is 8.11. The van der Waals surface area contributed by atoms with Crippen LogP contribution in [-0.4, -0.2) is 18.0 Å². The number of fused-ring (bicyclic) bond motifs is 1. The van der Waals surface area contributed by atoms with E-state index in [0.29, 0.717) is 10.9 Å². The fourth-order valence-corrected chi connectivity index (χ4v) is 1.59. The van der Waals surface area contributed by atoms with Crippen molar-refractivity contribution in [3.8, 4) is 0 Å². The van der Waals surface area contributed by atoms with Crippen LogP contribution in [0.4, 0.5) is 5.69 Å². The summed E-state index contributed by atoms with van der Waals surface area (Å²) in [6.07, 6.45) is 0. The van der Waals surface area contributed by atoms with Gasteiger partial charge in [0.05, 0.1) is 17.6 Å². The average Bonchev–Trinajstić information content (AvgIpc) is 2.36. The summed E-state index contributed by atoms with van der Waals surface area (Å²) in [5.41, 5.74) is 0.375. The SMILES string of the molecule is COC(=O)c1ccc2ccc([N+](=O)[O-])cc2c1. The van der Waals surface area contributed by atoms with Crippen molar-refractivity contribution in [2.24, 2.45) is 0 Å². The van der Waals surface area contributed by atoms with Gasteiger partial charge >= 0.3 is 5.97 Å². The molecule has 0 aliphatic heterocycles. The molecular formula is C12H9NO4. The molecule has 5 heteroatoms. The first-order valence-electron chi connectivity index (χ1n) is 4.88. The Hall–Kier alpha value is -2.43. The van der Waals surface area contributed by atoms with Crippen LogP contribution in [0.2, 0.25) is 0 Å². The van der Waals surface area contributed by atoms with E-state index in [1.807, 2.05) is 0 Å². The first-order valence-corrected chi connectivity index (χ1v) is 4.88. The Bertz CT molecular complexity index is 606. The van der Waals surface area contributed by atoms with Crippen LogP contribution in [0.1, 0.15) is 10.4 Å². The molecule has 86 valence electrons. The quantitative estimate of drug-likeness (QED) is 0.452. The molecule has 2 aromatic rings. The lowest BCUT2D eigenvalue weighted by atomic mass is 10.1. The summed E-state index contributed by atoms with van der Waals surface area (Å²) in [4.78, 5) is 21.5. The molecule has 0 aliphatic rings. The molecule has 0 bridgehead atoms. The van der Waals surface area contributed by atoms with Crippen molar-refractivity contribution in [3.63, 3.8) is 0 Å². The molecule has 0 atom stereocenters. The summed E-state index contributed by atoms with van der Waals surface area (Å²) in [5.74, 6) is -0.460. The highest BCUT2D eigenvalue weighted by Gasteiger charge is 2.09. The van der Waals surface area contributed by atoms with Crippen molar-refractivity contribution in [1.82, 2.24) is 0 Å². The van der Waals surface area contributed by atoms with Crippen LogP contribution in [0.15, 0.2) is 36.4 Å². The van der Waals surface area contributed by atoms with Crippen molar-refractivity contribution in [3.05, 3.63) is 52.1 Å². The molecule has 0 N–H and O–H groups in total. The largest absolute Gasteiger partial charge is 0.465 e. The van der Waals surface area contributed by atoms with Gasteiger partial charge in [-0.2, -0.15) is 0 Å². The number of methoxy groups -OCH3 is 1. The maximum atomic E-state index is 11.3. The van der Waals surface area contributed by atoms with Crippen molar-refractivity contribution in [2.75, 3.05) is 7.11 Å². The van der Waals surface area contributed by atoms with E-state index < -0.39 is 10.9 Å². The van der Waals surface area contributed by atoms with Gasteiger partial charge in [-0.15, -0.1) is 0 Å². The Morgan fingerprint density at radius 3 is 2.53 bits per heavy atom. The summed E-state index contributed by atoms with van der Waals surface area (Å²) in [6.45, 7) is 0. The van der Waals surface area contributed by atoms with Crippen LogP contribution in [0, 0.1) is 10.1 Å². The van der Waals surface area contributed by atoms with Gasteiger partial charge in [-0.05, 0) is 29.0 Å². The predicted molar refractivity (Wildman–Crippen MR) is 61.9 cm³/mol. The molecule has 0 radical (unpaired) electrons. The van der Waals surface area contributed by atoms with Crippen LogP contribution in [0.25, 0.3) is 10.8 Å². The minimum absolute atomic E-state index is 0.000448. The maximum Gasteiger partial charge on any atom is 0.337 e. The molecule has 0 aromatic heterocycles. The van der Waals surface area contributed by atoms with Gasteiger partial charge in [0.25, 0.3) is 5.69 Å². The molecule has 0 amide bonds. The van der Waals surface area contributed by atoms with E-state index in [1.54, 1.807) is 24.3 Å². The third-order valence-electron chi connectivity index (χ3n) is 2.46. The first kappa shape index (κ1) is 11.1. The predicted octanol–water partition coefficient (Wildman–Crippen LogP) is 2.53. The van der Waals surface area contributed by atoms with Crippen LogP contribution >= 0.6 is 0 Å². The van der Waals surface area contributed by atoms with Gasteiger partial charge in [0.15, 0.2) is 0 Å². The Morgan fingerprint density at radius 2 is 1.88 bits per heavy atom. The standard InChI is InChI=1S/C12H9NO4/c1-17-12(14)9-3-2-8-4-5-11(13(15)16)7-10(8)6-9/h2-7H,1H3. The summed E-state index contributed by atoms with van der Waals surface area (Å²) < 4.78 is 4.59. The summed E-state index contributed by atoms with van der Waals surface area (Å²) in [7, 11) is 1.29. The zero-order valence-electron chi connectivity index (χ0n) is 9.04. The number of hydrogen-bond acceptors (Lipinski definition) is 4. The number of nitro groups is 1. The topological polar surface area (TPSA) is 69.4 Å². The van der Waals surface area contributed by atoms with Crippen molar-refractivity contribution >= 4 is 22.4 Å². The molecule has 5 nitrogen and oxygen atoms in total. The Labute approximate surface area is 96.8 Å². The highest BCUT2D eigenvalue weighted by atomic mass is 16.6. The zero-order valence-corrected chi connectivity index (χ0v) is 9.04. The molecule has 0 unspecified atom stereocenters. The number of nitrogens with zero attached hydrogens (tertiary/aromatic N) is 1. The fraction of sp³-hybridized carbons (Fsp3) is 0.0833. The molecule has 2 aromatic carbocycles. The smallest absolute Gasteiger partial charge is 0.337 e. The van der Waals surface area contributed by atoms with Crippen molar-refractivity contribution in [2.45, 2.75) is 0 Å². The monoisotopic (exact) mass is 231 g/mol. The minimum atomic E-state index is -0.468. The van der Waals surface area contributed by atoms with E-state index in [-0.39, 0.29) is 5.69 Å². The number of rotatable bonds is 2. The normalized spacial score (nSPS) is 10.2. The van der Waals surface area contributed by atoms with Gasteiger partial charge in [-0.3, -0.25) is 10.1 Å². The van der Waals surface area contributed by atoms with Gasteiger partial charge in [0, 0.05) is 12.1 Å². The number of hydrogen-bond donors (Lipinski definition) is 0. The van der Waals surface area contributed by atoms with E-state index in [9.17, 15) is 14.9 Å². The lowest BCUT2D eigenvalue weighted by Gasteiger charge is -2.02. The molecule has 17 heavy (non-hydrogen) atoms. The van der Waals surface area contributed by atoms with E-state index >= 15 is 0 Å². The van der Waals surface area contributed by atoms with Gasteiger partial charge in [0.1, 0.15) is 0 Å². The van der Waals surface area contributed by atoms with Gasteiger partial charge in [0.2, 0.25) is 0 Å². The molecule has 2 rings (SSSR count). The molecule has 0 fully saturated rings. The summed E-state index contributed by atoms with van der Waals surface area (Å²) in [6, 6.07) is 9.44. The zero-order chi connectivity index (χ0) is 12.4. The van der Waals surface area contributed by atoms with E-state index in [4.69, 9.17) is 0 Å². The lowest BCUT2D eigenvalue weighted by Crippen LogP contribution is -2.00. The molecular weight excluding hydrogens is 222 g/mol. The number of carbonyl (C=O) groups is 1. The second kappa shape index (κ2) is 4.21. The Kier molecular flexibility index (Phi) is 2.74. The number of non-ortho nitro benzene ring substituents is 1. The maximum absolute atomic E-state index is 11.3. The number of carbonyl (C=O) groups excluding carboxylic acids is 1. The van der Waals surface area contributed by atoms with Crippen LogP contribution in [0.3, 0.4) is 0 Å². The van der Waals surface area contributed by atoms with E-state index in [2.05, 4.69) is 4.74 Å². The van der Waals surface area contributed by atoms with E-state index in [1.165, 1.54) is 19.2 Å². The second-order valence-electron chi connectivity index (χ2n) is 3.49. The minimum Gasteiger partial charge on any atom is -0.465 e. The highest BCUT2D eigenvalue weighted by Crippen LogP contribution is 2.22. The Balaban J connectivity index is 2.58.